The number of hydrogen-bond donors (Lipinski definition) is 2. The predicted octanol–water partition coefficient (Wildman–Crippen LogP) is 2.65. The van der Waals surface area contributed by atoms with Gasteiger partial charge in [0.2, 0.25) is 5.91 Å². The highest BCUT2D eigenvalue weighted by Gasteiger charge is 2.39. The molecule has 1 aliphatic heterocycles. The minimum atomic E-state index is -0.707. The topological polar surface area (TPSA) is 69.6 Å². The molecule has 0 aromatic heterocycles. The molecule has 3 atom stereocenters. The number of aliphatic carboxylic acids is 1. The SMILES string of the molecule is CCCCC(=O)NC1CCC(N2CCC(C)CC2)C(C(=O)O)C1. The van der Waals surface area contributed by atoms with Crippen LogP contribution in [0, 0.1) is 11.8 Å². The van der Waals surface area contributed by atoms with E-state index in [1.54, 1.807) is 0 Å². The van der Waals surface area contributed by atoms with Crippen molar-refractivity contribution < 1.29 is 14.7 Å². The van der Waals surface area contributed by atoms with Crippen molar-refractivity contribution in [1.29, 1.82) is 0 Å². The Kier molecular flexibility index (Phi) is 6.88. The maximum atomic E-state index is 11.9. The molecule has 0 aromatic carbocycles. The van der Waals surface area contributed by atoms with Crippen LogP contribution < -0.4 is 5.32 Å². The highest BCUT2D eigenvalue weighted by Crippen LogP contribution is 2.32. The first kappa shape index (κ1) is 18.2. The van der Waals surface area contributed by atoms with E-state index in [0.717, 1.165) is 44.7 Å². The lowest BCUT2D eigenvalue weighted by Gasteiger charge is -2.43. The number of carbonyl (C=O) groups is 2. The average Bonchev–Trinajstić information content (AvgIpc) is 2.53. The molecule has 23 heavy (non-hydrogen) atoms. The number of rotatable bonds is 6. The number of hydrogen-bond acceptors (Lipinski definition) is 3. The quantitative estimate of drug-likeness (QED) is 0.788. The number of unbranched alkanes of at least 4 members (excludes halogenated alkanes) is 1. The number of likely N-dealkylation sites (tertiary alicyclic amines) is 1. The summed E-state index contributed by atoms with van der Waals surface area (Å²) in [5.41, 5.74) is 0. The lowest BCUT2D eigenvalue weighted by molar-refractivity contribution is -0.147. The van der Waals surface area contributed by atoms with E-state index in [4.69, 9.17) is 0 Å². The highest BCUT2D eigenvalue weighted by atomic mass is 16.4. The van der Waals surface area contributed by atoms with E-state index in [1.165, 1.54) is 12.8 Å². The third-order valence-electron chi connectivity index (χ3n) is 5.54. The smallest absolute Gasteiger partial charge is 0.308 e. The Morgan fingerprint density at radius 3 is 2.48 bits per heavy atom. The molecule has 2 aliphatic rings. The monoisotopic (exact) mass is 324 g/mol. The van der Waals surface area contributed by atoms with Gasteiger partial charge in [0.25, 0.3) is 0 Å². The van der Waals surface area contributed by atoms with Gasteiger partial charge in [0.05, 0.1) is 5.92 Å². The van der Waals surface area contributed by atoms with Crippen LogP contribution in [-0.2, 0) is 9.59 Å². The number of carbonyl (C=O) groups excluding carboxylic acids is 1. The molecular weight excluding hydrogens is 292 g/mol. The Hall–Kier alpha value is -1.10. The van der Waals surface area contributed by atoms with Crippen LogP contribution in [0.1, 0.15) is 65.2 Å². The molecule has 0 spiro atoms. The van der Waals surface area contributed by atoms with Gasteiger partial charge in [-0.3, -0.25) is 14.5 Å². The fourth-order valence-electron chi connectivity index (χ4n) is 3.99. The number of piperidine rings is 1. The van der Waals surface area contributed by atoms with Crippen LogP contribution in [0.5, 0.6) is 0 Å². The maximum Gasteiger partial charge on any atom is 0.308 e. The van der Waals surface area contributed by atoms with Crippen molar-refractivity contribution in [2.75, 3.05) is 13.1 Å². The van der Waals surface area contributed by atoms with Crippen molar-refractivity contribution in [3.05, 3.63) is 0 Å². The first-order valence-corrected chi connectivity index (χ1v) is 9.27. The molecule has 2 N–H and O–H groups in total. The van der Waals surface area contributed by atoms with Crippen molar-refractivity contribution in [3.8, 4) is 0 Å². The summed E-state index contributed by atoms with van der Waals surface area (Å²) >= 11 is 0. The second-order valence-electron chi connectivity index (χ2n) is 7.41. The highest BCUT2D eigenvalue weighted by molar-refractivity contribution is 5.76. The molecule has 0 bridgehead atoms. The number of carboxylic acid groups (broad SMARTS) is 1. The van der Waals surface area contributed by atoms with E-state index in [2.05, 4.69) is 24.1 Å². The summed E-state index contributed by atoms with van der Waals surface area (Å²) in [5.74, 6) is -0.232. The zero-order chi connectivity index (χ0) is 16.8. The van der Waals surface area contributed by atoms with Crippen molar-refractivity contribution in [2.24, 2.45) is 11.8 Å². The van der Waals surface area contributed by atoms with Gasteiger partial charge in [-0.1, -0.05) is 20.3 Å². The number of nitrogens with zero attached hydrogens (tertiary/aromatic N) is 1. The van der Waals surface area contributed by atoms with Crippen LogP contribution >= 0.6 is 0 Å². The van der Waals surface area contributed by atoms with Crippen molar-refractivity contribution in [3.63, 3.8) is 0 Å². The Bertz CT molecular complexity index is 405. The Morgan fingerprint density at radius 1 is 1.17 bits per heavy atom. The standard InChI is InChI=1S/C18H32N2O3/c1-3-4-5-17(21)19-14-6-7-16(15(12-14)18(22)23)20-10-8-13(2)9-11-20/h13-16H,3-12H2,1-2H3,(H,19,21)(H,22,23). The van der Waals surface area contributed by atoms with Gasteiger partial charge in [-0.15, -0.1) is 0 Å². The molecule has 1 saturated heterocycles. The van der Waals surface area contributed by atoms with Gasteiger partial charge in [-0.05, 0) is 57.5 Å². The third-order valence-corrected chi connectivity index (χ3v) is 5.54. The molecule has 1 heterocycles. The van der Waals surface area contributed by atoms with Crippen LogP contribution in [0.2, 0.25) is 0 Å². The van der Waals surface area contributed by atoms with Crippen LogP contribution in [0.3, 0.4) is 0 Å². The molecule has 5 heteroatoms. The molecule has 2 fully saturated rings. The van der Waals surface area contributed by atoms with E-state index < -0.39 is 5.97 Å². The second-order valence-corrected chi connectivity index (χ2v) is 7.41. The van der Waals surface area contributed by atoms with Crippen molar-refractivity contribution >= 4 is 11.9 Å². The molecule has 0 radical (unpaired) electrons. The van der Waals surface area contributed by atoms with E-state index in [-0.39, 0.29) is 23.9 Å². The van der Waals surface area contributed by atoms with Gasteiger partial charge in [0, 0.05) is 18.5 Å². The first-order chi connectivity index (χ1) is 11.0. The van der Waals surface area contributed by atoms with E-state index in [1.807, 2.05) is 0 Å². The number of carboxylic acids is 1. The zero-order valence-corrected chi connectivity index (χ0v) is 14.6. The van der Waals surface area contributed by atoms with E-state index >= 15 is 0 Å². The molecule has 3 unspecified atom stereocenters. The molecule has 2 rings (SSSR count). The minimum absolute atomic E-state index is 0.0282. The minimum Gasteiger partial charge on any atom is -0.481 e. The molecular formula is C18H32N2O3. The molecule has 5 nitrogen and oxygen atoms in total. The molecule has 132 valence electrons. The second kappa shape index (κ2) is 8.67. The summed E-state index contributed by atoms with van der Waals surface area (Å²) in [4.78, 5) is 26.0. The molecule has 1 aliphatic carbocycles. The summed E-state index contributed by atoms with van der Waals surface area (Å²) in [5, 5.41) is 12.7. The van der Waals surface area contributed by atoms with Gasteiger partial charge in [0.15, 0.2) is 0 Å². The summed E-state index contributed by atoms with van der Waals surface area (Å²) in [6.07, 6.45) is 7.14. The van der Waals surface area contributed by atoms with Gasteiger partial charge >= 0.3 is 5.97 Å². The predicted molar refractivity (Wildman–Crippen MR) is 90.2 cm³/mol. The Balaban J connectivity index is 1.90. The van der Waals surface area contributed by atoms with Gasteiger partial charge in [-0.25, -0.2) is 0 Å². The van der Waals surface area contributed by atoms with Crippen LogP contribution in [0.4, 0.5) is 0 Å². The lowest BCUT2D eigenvalue weighted by atomic mass is 9.79. The van der Waals surface area contributed by atoms with Gasteiger partial charge in [-0.2, -0.15) is 0 Å². The Labute approximate surface area is 139 Å². The normalized spacial score (nSPS) is 30.1. The van der Waals surface area contributed by atoms with Gasteiger partial charge in [0.1, 0.15) is 0 Å². The summed E-state index contributed by atoms with van der Waals surface area (Å²) < 4.78 is 0. The average molecular weight is 324 g/mol. The lowest BCUT2D eigenvalue weighted by Crippen LogP contribution is -2.53. The number of nitrogens with one attached hydrogen (secondary N) is 1. The van der Waals surface area contributed by atoms with E-state index in [0.29, 0.717) is 12.8 Å². The van der Waals surface area contributed by atoms with Crippen LogP contribution in [0.15, 0.2) is 0 Å². The van der Waals surface area contributed by atoms with Crippen LogP contribution in [-0.4, -0.2) is 47.1 Å². The summed E-state index contributed by atoms with van der Waals surface area (Å²) in [6, 6.07) is 0.171. The van der Waals surface area contributed by atoms with Crippen LogP contribution in [0.25, 0.3) is 0 Å². The molecule has 1 amide bonds. The number of amides is 1. The van der Waals surface area contributed by atoms with Crippen molar-refractivity contribution in [1.82, 2.24) is 10.2 Å². The third kappa shape index (κ3) is 5.20. The zero-order valence-electron chi connectivity index (χ0n) is 14.6. The van der Waals surface area contributed by atoms with Gasteiger partial charge < -0.3 is 10.4 Å². The van der Waals surface area contributed by atoms with E-state index in [9.17, 15) is 14.7 Å². The first-order valence-electron chi connectivity index (χ1n) is 9.27. The Morgan fingerprint density at radius 2 is 1.87 bits per heavy atom. The fourth-order valence-corrected chi connectivity index (χ4v) is 3.99. The largest absolute Gasteiger partial charge is 0.481 e. The van der Waals surface area contributed by atoms with Crippen molar-refractivity contribution in [2.45, 2.75) is 77.3 Å². The summed E-state index contributed by atoms with van der Waals surface area (Å²) in [7, 11) is 0. The maximum absolute atomic E-state index is 11.9. The fraction of sp³-hybridized carbons (Fsp3) is 0.889. The molecule has 1 saturated carbocycles. The molecule has 0 aromatic rings. The summed E-state index contributed by atoms with van der Waals surface area (Å²) in [6.45, 7) is 6.37.